The standard InChI is InChI=1S/C12H17N7O5/c13-10(2-1-7-15-12(14)17-19(23)24)11(20)16-8-3-5-9(6-4-8)18(21)22/h3-6,10H,1-2,7,13H2,(H,16,20)(H3,14,15,17)/t10-/m1/s1. The molecule has 0 aromatic heterocycles. The fourth-order valence-corrected chi connectivity index (χ4v) is 1.67. The van der Waals surface area contributed by atoms with Crippen LogP contribution in [0.15, 0.2) is 29.3 Å². The molecule has 12 nitrogen and oxygen atoms in total. The topological polar surface area (TPSA) is 192 Å². The number of rotatable bonds is 8. The van der Waals surface area contributed by atoms with Crippen molar-refractivity contribution in [1.82, 2.24) is 5.43 Å². The van der Waals surface area contributed by atoms with E-state index < -0.39 is 21.9 Å². The molecule has 130 valence electrons. The number of guanidine groups is 1. The molecule has 1 aromatic rings. The summed E-state index contributed by atoms with van der Waals surface area (Å²) in [5.74, 6) is -0.784. The number of non-ortho nitro benzene ring substituents is 1. The lowest BCUT2D eigenvalue weighted by molar-refractivity contribution is -0.525. The molecular formula is C12H17N7O5. The smallest absolute Gasteiger partial charge is 0.269 e. The molecule has 1 amide bonds. The second-order valence-corrected chi connectivity index (χ2v) is 4.68. The van der Waals surface area contributed by atoms with Crippen molar-refractivity contribution in [2.24, 2.45) is 16.5 Å². The Hall–Kier alpha value is -3.28. The zero-order valence-corrected chi connectivity index (χ0v) is 12.5. The van der Waals surface area contributed by atoms with Gasteiger partial charge in [-0.05, 0) is 25.0 Å². The minimum Gasteiger partial charge on any atom is -0.365 e. The van der Waals surface area contributed by atoms with Crippen LogP contribution in [0, 0.1) is 20.2 Å². The third-order valence-electron chi connectivity index (χ3n) is 2.84. The molecule has 0 aliphatic heterocycles. The summed E-state index contributed by atoms with van der Waals surface area (Å²) >= 11 is 0. The summed E-state index contributed by atoms with van der Waals surface area (Å²) in [5, 5.41) is 22.3. The average Bonchev–Trinajstić information content (AvgIpc) is 2.51. The Morgan fingerprint density at radius 1 is 1.25 bits per heavy atom. The quantitative estimate of drug-likeness (QED) is 0.163. The zero-order valence-electron chi connectivity index (χ0n) is 12.5. The molecule has 1 aromatic carbocycles. The Morgan fingerprint density at radius 2 is 1.88 bits per heavy atom. The van der Waals surface area contributed by atoms with Crippen LogP contribution in [0.2, 0.25) is 0 Å². The number of carbonyl (C=O) groups is 1. The van der Waals surface area contributed by atoms with Crippen molar-refractivity contribution in [3.63, 3.8) is 0 Å². The maximum absolute atomic E-state index is 11.9. The van der Waals surface area contributed by atoms with Gasteiger partial charge in [-0.3, -0.25) is 14.9 Å². The molecular weight excluding hydrogens is 322 g/mol. The number of nitrogens with two attached hydrogens (primary N) is 2. The number of aliphatic imine (C=N–C) groups is 1. The van der Waals surface area contributed by atoms with Gasteiger partial charge < -0.3 is 16.8 Å². The summed E-state index contributed by atoms with van der Waals surface area (Å²) < 4.78 is 0. The number of hydrogen-bond acceptors (Lipinski definition) is 7. The first-order valence-electron chi connectivity index (χ1n) is 6.81. The largest absolute Gasteiger partial charge is 0.365 e. The Kier molecular flexibility index (Phi) is 7.03. The van der Waals surface area contributed by atoms with Gasteiger partial charge in [0.15, 0.2) is 5.03 Å². The molecule has 0 spiro atoms. The molecule has 1 rings (SSSR count). The minimum atomic E-state index is -0.831. The fourth-order valence-electron chi connectivity index (χ4n) is 1.67. The normalized spacial score (nSPS) is 12.3. The van der Waals surface area contributed by atoms with Crippen molar-refractivity contribution in [2.45, 2.75) is 18.9 Å². The predicted octanol–water partition coefficient (Wildman–Crippen LogP) is -0.263. The monoisotopic (exact) mass is 339 g/mol. The highest BCUT2D eigenvalue weighted by Gasteiger charge is 2.14. The number of hydrazine groups is 1. The number of nitro groups is 2. The highest BCUT2D eigenvalue weighted by Crippen LogP contribution is 2.15. The highest BCUT2D eigenvalue weighted by molar-refractivity contribution is 5.94. The SMILES string of the molecule is NC(=NCCC[C@@H](N)C(=O)Nc1ccc([N+](=O)[O-])cc1)N[N+](=O)[O-]. The van der Waals surface area contributed by atoms with Crippen molar-refractivity contribution >= 4 is 23.2 Å². The van der Waals surface area contributed by atoms with Gasteiger partial charge in [-0.1, -0.05) is 5.43 Å². The summed E-state index contributed by atoms with van der Waals surface area (Å²) in [4.78, 5) is 35.7. The first-order chi connectivity index (χ1) is 11.3. The third-order valence-corrected chi connectivity index (χ3v) is 2.84. The van der Waals surface area contributed by atoms with Crippen LogP contribution < -0.4 is 22.2 Å². The first kappa shape index (κ1) is 18.8. The van der Waals surface area contributed by atoms with Crippen molar-refractivity contribution in [3.8, 4) is 0 Å². The van der Waals surface area contributed by atoms with Crippen LogP contribution in [0.1, 0.15) is 12.8 Å². The van der Waals surface area contributed by atoms with Crippen molar-refractivity contribution in [2.75, 3.05) is 11.9 Å². The molecule has 24 heavy (non-hydrogen) atoms. The Labute approximate surface area is 136 Å². The van der Waals surface area contributed by atoms with E-state index in [0.29, 0.717) is 12.1 Å². The van der Waals surface area contributed by atoms with E-state index in [1.807, 2.05) is 0 Å². The number of anilines is 1. The molecule has 6 N–H and O–H groups in total. The minimum absolute atomic E-state index is 0.0870. The lowest BCUT2D eigenvalue weighted by Gasteiger charge is -2.11. The van der Waals surface area contributed by atoms with E-state index in [-0.39, 0.29) is 24.6 Å². The van der Waals surface area contributed by atoms with Crippen LogP contribution in [0.3, 0.4) is 0 Å². The Balaban J connectivity index is 2.39. The number of nitro benzene ring substituents is 1. The van der Waals surface area contributed by atoms with E-state index in [9.17, 15) is 25.0 Å². The van der Waals surface area contributed by atoms with Gasteiger partial charge in [0.25, 0.3) is 11.6 Å². The van der Waals surface area contributed by atoms with Gasteiger partial charge in [0.05, 0.1) is 11.0 Å². The van der Waals surface area contributed by atoms with Crippen LogP contribution >= 0.6 is 0 Å². The summed E-state index contributed by atoms with van der Waals surface area (Å²) in [6.07, 6.45) is 0.684. The van der Waals surface area contributed by atoms with Crippen LogP contribution in [0.5, 0.6) is 0 Å². The zero-order chi connectivity index (χ0) is 18.1. The Bertz CT molecular complexity index is 631. The second kappa shape index (κ2) is 8.99. The number of nitrogens with one attached hydrogen (secondary N) is 2. The molecule has 12 heteroatoms. The van der Waals surface area contributed by atoms with E-state index in [1.165, 1.54) is 24.3 Å². The van der Waals surface area contributed by atoms with Crippen LogP contribution in [0.4, 0.5) is 11.4 Å². The van der Waals surface area contributed by atoms with Crippen molar-refractivity contribution in [1.29, 1.82) is 0 Å². The van der Waals surface area contributed by atoms with E-state index in [4.69, 9.17) is 11.5 Å². The maximum Gasteiger partial charge on any atom is 0.269 e. The van der Waals surface area contributed by atoms with Gasteiger partial charge in [-0.25, -0.2) is 15.1 Å². The molecule has 0 aliphatic rings. The van der Waals surface area contributed by atoms with Gasteiger partial charge in [0.1, 0.15) is 0 Å². The van der Waals surface area contributed by atoms with Gasteiger partial charge in [-0.15, -0.1) is 0 Å². The number of benzene rings is 1. The number of carbonyl (C=O) groups excluding carboxylic acids is 1. The molecule has 0 heterocycles. The van der Waals surface area contributed by atoms with Gasteiger partial charge >= 0.3 is 0 Å². The number of hydrogen-bond donors (Lipinski definition) is 4. The lowest BCUT2D eigenvalue weighted by Crippen LogP contribution is -2.37. The molecule has 0 radical (unpaired) electrons. The molecule has 0 saturated heterocycles. The molecule has 1 atom stereocenters. The average molecular weight is 339 g/mol. The second-order valence-electron chi connectivity index (χ2n) is 4.68. The van der Waals surface area contributed by atoms with Crippen molar-refractivity contribution in [3.05, 3.63) is 44.5 Å². The summed E-state index contributed by atoms with van der Waals surface area (Å²) in [6, 6.07) is 4.51. The van der Waals surface area contributed by atoms with Crippen LogP contribution in [-0.4, -0.2) is 34.4 Å². The van der Waals surface area contributed by atoms with E-state index in [2.05, 4.69) is 10.3 Å². The van der Waals surface area contributed by atoms with Crippen LogP contribution in [-0.2, 0) is 4.79 Å². The van der Waals surface area contributed by atoms with Gasteiger partial charge in [0.2, 0.25) is 5.91 Å². The number of nitrogens with zero attached hydrogens (tertiary/aromatic N) is 3. The van der Waals surface area contributed by atoms with Crippen molar-refractivity contribution < 1.29 is 14.8 Å². The highest BCUT2D eigenvalue weighted by atomic mass is 16.7. The molecule has 0 saturated carbocycles. The third kappa shape index (κ3) is 6.65. The molecule has 0 unspecified atom stereocenters. The summed E-state index contributed by atoms with van der Waals surface area (Å²) in [6.45, 7) is 0.172. The maximum atomic E-state index is 11.9. The van der Waals surface area contributed by atoms with Crippen LogP contribution in [0.25, 0.3) is 0 Å². The lowest BCUT2D eigenvalue weighted by atomic mass is 10.1. The Morgan fingerprint density at radius 3 is 2.42 bits per heavy atom. The molecule has 0 fully saturated rings. The molecule has 0 bridgehead atoms. The van der Waals surface area contributed by atoms with E-state index in [1.54, 1.807) is 5.43 Å². The predicted molar refractivity (Wildman–Crippen MR) is 85.6 cm³/mol. The van der Waals surface area contributed by atoms with Gasteiger partial charge in [0, 0.05) is 24.4 Å². The van der Waals surface area contributed by atoms with E-state index in [0.717, 1.165) is 0 Å². The number of amides is 1. The fraction of sp³-hybridized carbons (Fsp3) is 0.333. The summed E-state index contributed by atoms with van der Waals surface area (Å²) in [7, 11) is 0. The molecule has 0 aliphatic carbocycles. The van der Waals surface area contributed by atoms with Gasteiger partial charge in [-0.2, -0.15) is 0 Å². The summed E-state index contributed by atoms with van der Waals surface area (Å²) in [5.41, 5.74) is 12.9. The first-order valence-corrected chi connectivity index (χ1v) is 6.81. The van der Waals surface area contributed by atoms with E-state index >= 15 is 0 Å².